The Hall–Kier alpha value is -2.72. The normalized spacial score (nSPS) is 11.2. The van der Waals surface area contributed by atoms with E-state index in [4.69, 9.17) is 10.0 Å². The summed E-state index contributed by atoms with van der Waals surface area (Å²) in [6.45, 7) is 0. The highest BCUT2D eigenvalue weighted by atomic mass is 79.9. The molecule has 8 nitrogen and oxygen atoms in total. The molecule has 0 aliphatic rings. The third-order valence-electron chi connectivity index (χ3n) is 3.41. The van der Waals surface area contributed by atoms with Gasteiger partial charge in [0, 0.05) is 22.3 Å². The van der Waals surface area contributed by atoms with Gasteiger partial charge in [-0.15, -0.1) is 0 Å². The van der Waals surface area contributed by atoms with Crippen molar-refractivity contribution in [2.24, 2.45) is 0 Å². The van der Waals surface area contributed by atoms with E-state index in [0.29, 0.717) is 12.3 Å². The van der Waals surface area contributed by atoms with Crippen LogP contribution in [-0.2, 0) is 21.8 Å². The maximum absolute atomic E-state index is 12.5. The van der Waals surface area contributed by atoms with Crippen LogP contribution in [0.25, 0.3) is 0 Å². The summed E-state index contributed by atoms with van der Waals surface area (Å²) in [4.78, 5) is 28.3. The number of carbonyl (C=O) groups is 2. The molecule has 0 spiro atoms. The molecule has 0 amide bonds. The molecule has 0 aromatic carbocycles. The van der Waals surface area contributed by atoms with Gasteiger partial charge in [-0.05, 0) is 28.1 Å². The highest BCUT2D eigenvalue weighted by Gasteiger charge is 2.39. The topological polar surface area (TPSA) is 119 Å². The second kappa shape index (κ2) is 10.7. The van der Waals surface area contributed by atoms with Crippen molar-refractivity contribution in [3.8, 4) is 0 Å². The molecule has 2 rings (SSSR count). The van der Waals surface area contributed by atoms with Crippen LogP contribution in [-0.4, -0.2) is 53.3 Å². The Morgan fingerprint density at radius 1 is 0.875 bits per heavy atom. The van der Waals surface area contributed by atoms with E-state index in [2.05, 4.69) is 35.4 Å². The van der Waals surface area contributed by atoms with Crippen molar-refractivity contribution < 1.29 is 55.5 Å². The quantitative estimate of drug-likeness (QED) is 0.351. The van der Waals surface area contributed by atoms with Gasteiger partial charge >= 0.3 is 31.4 Å². The van der Waals surface area contributed by atoms with Crippen molar-refractivity contribution >= 4 is 40.4 Å². The van der Waals surface area contributed by atoms with Gasteiger partial charge in [0.1, 0.15) is 0 Å². The zero-order chi connectivity index (χ0) is 24.9. The predicted molar refractivity (Wildman–Crippen MR) is 98.7 cm³/mol. The Labute approximate surface area is 184 Å². The molecule has 174 valence electrons. The molecule has 2 N–H and O–H groups in total. The van der Waals surface area contributed by atoms with E-state index >= 15 is 0 Å². The Morgan fingerprint density at radius 2 is 1.28 bits per heavy atom. The van der Waals surface area contributed by atoms with Crippen LogP contribution in [0.2, 0.25) is 0 Å². The van der Waals surface area contributed by atoms with Gasteiger partial charge in [0.25, 0.3) is 0 Å². The maximum atomic E-state index is 12.5. The zero-order valence-electron chi connectivity index (χ0n) is 16.0. The van der Waals surface area contributed by atoms with E-state index in [0.717, 1.165) is 26.5 Å². The molecule has 2 heterocycles. The number of methoxy groups -OCH3 is 2. The molecule has 0 unspecified atom stereocenters. The molecule has 2 aromatic rings. The van der Waals surface area contributed by atoms with Crippen LogP contribution < -0.4 is 5.46 Å². The fourth-order valence-electron chi connectivity index (χ4n) is 2.04. The summed E-state index contributed by atoms with van der Waals surface area (Å²) in [5.41, 5.74) is -4.50. The molecule has 32 heavy (non-hydrogen) atoms. The van der Waals surface area contributed by atoms with Crippen LogP contribution in [0.15, 0.2) is 29.0 Å². The lowest BCUT2D eigenvalue weighted by Gasteiger charge is -2.11. The predicted octanol–water partition coefficient (Wildman–Crippen LogP) is 2.22. The van der Waals surface area contributed by atoms with Crippen molar-refractivity contribution in [2.75, 3.05) is 14.2 Å². The number of esters is 2. The van der Waals surface area contributed by atoms with Crippen molar-refractivity contribution in [1.29, 1.82) is 0 Å². The molecular formula is C16H12BBrF6N2O6. The third-order valence-corrected chi connectivity index (χ3v) is 3.84. The molecule has 16 heteroatoms. The van der Waals surface area contributed by atoms with E-state index in [1.165, 1.54) is 0 Å². The van der Waals surface area contributed by atoms with E-state index in [-0.39, 0.29) is 9.94 Å². The summed E-state index contributed by atoms with van der Waals surface area (Å²) in [7, 11) is -0.110. The number of ether oxygens (including phenoxy) is 2. The monoisotopic (exact) mass is 532 g/mol. The van der Waals surface area contributed by atoms with Crippen molar-refractivity contribution in [3.05, 3.63) is 51.5 Å². The summed E-state index contributed by atoms with van der Waals surface area (Å²) in [5.74, 6) is -2.33. The standard InChI is InChI=1S/C8H7BF3NO4.C8H5BrF3NO2/c1-17-7(14)5-2-4(9(15)16)3-13-6(5)8(10,11)12;1-15-7(14)5-2-4(9)3-13-6(5)8(10,11)12/h2-3,15-16H,1H3;2-3H,1H3. The number of rotatable bonds is 3. The summed E-state index contributed by atoms with van der Waals surface area (Å²) in [6.07, 6.45) is -7.91. The van der Waals surface area contributed by atoms with Crippen LogP contribution in [0.3, 0.4) is 0 Å². The van der Waals surface area contributed by atoms with E-state index in [9.17, 15) is 35.9 Å². The highest BCUT2D eigenvalue weighted by molar-refractivity contribution is 9.10. The molecule has 0 saturated heterocycles. The number of hydrogen-bond donors (Lipinski definition) is 2. The van der Waals surface area contributed by atoms with E-state index in [1.807, 2.05) is 0 Å². The molecular weight excluding hydrogens is 521 g/mol. The zero-order valence-corrected chi connectivity index (χ0v) is 17.5. The van der Waals surface area contributed by atoms with Crippen LogP contribution in [0, 0.1) is 0 Å². The van der Waals surface area contributed by atoms with Crippen molar-refractivity contribution in [3.63, 3.8) is 0 Å². The molecule has 0 aliphatic carbocycles. The number of aromatic nitrogens is 2. The van der Waals surface area contributed by atoms with Crippen molar-refractivity contribution in [1.82, 2.24) is 9.97 Å². The number of nitrogens with zero attached hydrogens (tertiary/aromatic N) is 2. The lowest BCUT2D eigenvalue weighted by Crippen LogP contribution is -2.32. The van der Waals surface area contributed by atoms with Crippen LogP contribution in [0.1, 0.15) is 32.1 Å². The number of alkyl halides is 6. The molecule has 0 atom stereocenters. The number of hydrogen-bond acceptors (Lipinski definition) is 8. The van der Waals surface area contributed by atoms with Gasteiger partial charge in [0.15, 0.2) is 11.4 Å². The van der Waals surface area contributed by atoms with E-state index < -0.39 is 53.9 Å². The molecule has 0 saturated carbocycles. The SMILES string of the molecule is COC(=O)c1cc(B(O)O)cnc1C(F)(F)F.COC(=O)c1cc(Br)cnc1C(F)(F)F. The molecule has 0 aliphatic heterocycles. The summed E-state index contributed by atoms with van der Waals surface area (Å²) in [6, 6.07) is 1.69. The van der Waals surface area contributed by atoms with Gasteiger partial charge in [0.2, 0.25) is 0 Å². The maximum Gasteiger partial charge on any atom is 0.490 e. The summed E-state index contributed by atoms with van der Waals surface area (Å²) >= 11 is 2.92. The fraction of sp³-hybridized carbons (Fsp3) is 0.250. The largest absolute Gasteiger partial charge is 0.490 e. The van der Waals surface area contributed by atoms with E-state index in [1.54, 1.807) is 0 Å². The van der Waals surface area contributed by atoms with Gasteiger partial charge in [-0.25, -0.2) is 14.6 Å². The number of carbonyl (C=O) groups excluding carboxylic acids is 2. The average Bonchev–Trinajstić information content (AvgIpc) is 2.70. The lowest BCUT2D eigenvalue weighted by atomic mass is 9.80. The number of halogens is 7. The molecule has 2 aromatic heterocycles. The highest BCUT2D eigenvalue weighted by Crippen LogP contribution is 2.32. The van der Waals surface area contributed by atoms with Crippen LogP contribution in [0.4, 0.5) is 26.3 Å². The Morgan fingerprint density at radius 3 is 1.66 bits per heavy atom. The first-order valence-electron chi connectivity index (χ1n) is 7.96. The average molecular weight is 533 g/mol. The van der Waals surface area contributed by atoms with Gasteiger partial charge < -0.3 is 19.5 Å². The first kappa shape index (κ1) is 27.3. The minimum absolute atomic E-state index is 0.274. The summed E-state index contributed by atoms with van der Waals surface area (Å²) < 4.78 is 83.3. The number of pyridine rings is 2. The van der Waals surface area contributed by atoms with Gasteiger partial charge in [0.05, 0.1) is 25.3 Å². The first-order valence-corrected chi connectivity index (χ1v) is 8.75. The summed E-state index contributed by atoms with van der Waals surface area (Å²) in [5, 5.41) is 17.6. The Bertz CT molecular complexity index is 986. The Kier molecular flexibility index (Phi) is 9.17. The van der Waals surface area contributed by atoms with Crippen molar-refractivity contribution in [2.45, 2.75) is 12.4 Å². The molecule has 0 radical (unpaired) electrons. The minimum atomic E-state index is -4.83. The molecule has 0 fully saturated rings. The van der Waals surface area contributed by atoms with Crippen LogP contribution >= 0.6 is 15.9 Å². The molecule has 0 bridgehead atoms. The lowest BCUT2D eigenvalue weighted by molar-refractivity contribution is -0.142. The Balaban J connectivity index is 0.000000323. The van der Waals surface area contributed by atoms with Gasteiger partial charge in [-0.1, -0.05) is 0 Å². The fourth-order valence-corrected chi connectivity index (χ4v) is 2.38. The minimum Gasteiger partial charge on any atom is -0.465 e. The smallest absolute Gasteiger partial charge is 0.465 e. The van der Waals surface area contributed by atoms with Gasteiger partial charge in [-0.2, -0.15) is 26.3 Å². The van der Waals surface area contributed by atoms with Crippen LogP contribution in [0.5, 0.6) is 0 Å². The first-order chi connectivity index (χ1) is 14.6. The van der Waals surface area contributed by atoms with Gasteiger partial charge in [-0.3, -0.25) is 4.98 Å². The third kappa shape index (κ3) is 7.17. The second-order valence-corrected chi connectivity index (χ2v) is 6.48. The second-order valence-electron chi connectivity index (χ2n) is 5.57.